The van der Waals surface area contributed by atoms with Crippen molar-refractivity contribution in [2.45, 2.75) is 39.2 Å². The van der Waals surface area contributed by atoms with Crippen LogP contribution in [-0.2, 0) is 0 Å². The summed E-state index contributed by atoms with van der Waals surface area (Å²) in [6.45, 7) is 4.49. The number of hydrazine groups is 1. The first kappa shape index (κ1) is 13.8. The standard InChI is InChI=1S/C14H22N4O/c1-9-5-10(2)7-11(6-9)17-14(19)12-3-4-16-8-13(12)18-15/h3-4,8-11,18H,5-7,15H2,1-2H3,(H,17,19). The Kier molecular flexibility index (Phi) is 4.37. The molecule has 0 aliphatic heterocycles. The van der Waals surface area contributed by atoms with E-state index in [1.807, 2.05) is 0 Å². The van der Waals surface area contributed by atoms with Crippen LogP contribution in [0.2, 0.25) is 0 Å². The van der Waals surface area contributed by atoms with Gasteiger partial charge in [0.25, 0.3) is 5.91 Å². The largest absolute Gasteiger partial charge is 0.349 e. The summed E-state index contributed by atoms with van der Waals surface area (Å²) in [5, 5.41) is 3.11. The van der Waals surface area contributed by atoms with Gasteiger partial charge in [-0.2, -0.15) is 0 Å². The van der Waals surface area contributed by atoms with Crippen LogP contribution in [0.25, 0.3) is 0 Å². The molecule has 0 aromatic carbocycles. The van der Waals surface area contributed by atoms with Gasteiger partial charge in [0.05, 0.1) is 17.4 Å². The maximum absolute atomic E-state index is 12.3. The third-order valence-electron chi connectivity index (χ3n) is 3.73. The van der Waals surface area contributed by atoms with Gasteiger partial charge < -0.3 is 10.7 Å². The molecule has 1 aromatic heterocycles. The number of hydrogen-bond donors (Lipinski definition) is 3. The van der Waals surface area contributed by atoms with E-state index in [1.54, 1.807) is 18.5 Å². The molecule has 1 aliphatic rings. The van der Waals surface area contributed by atoms with Gasteiger partial charge in [0, 0.05) is 12.2 Å². The van der Waals surface area contributed by atoms with Crippen molar-refractivity contribution in [2.24, 2.45) is 17.7 Å². The fourth-order valence-electron chi connectivity index (χ4n) is 3.04. The maximum Gasteiger partial charge on any atom is 0.253 e. The van der Waals surface area contributed by atoms with Gasteiger partial charge in [-0.05, 0) is 37.2 Å². The molecular formula is C14H22N4O. The zero-order valence-corrected chi connectivity index (χ0v) is 11.5. The normalized spacial score (nSPS) is 26.8. The van der Waals surface area contributed by atoms with Crippen molar-refractivity contribution < 1.29 is 4.79 Å². The monoisotopic (exact) mass is 262 g/mol. The van der Waals surface area contributed by atoms with Crippen LogP contribution >= 0.6 is 0 Å². The molecule has 1 amide bonds. The first-order valence-electron chi connectivity index (χ1n) is 6.81. The van der Waals surface area contributed by atoms with Crippen LogP contribution < -0.4 is 16.6 Å². The number of carbonyl (C=O) groups excluding carboxylic acids is 1. The van der Waals surface area contributed by atoms with Gasteiger partial charge >= 0.3 is 0 Å². The lowest BCUT2D eigenvalue weighted by atomic mass is 9.80. The van der Waals surface area contributed by atoms with Crippen LogP contribution in [0.4, 0.5) is 5.69 Å². The summed E-state index contributed by atoms with van der Waals surface area (Å²) in [5.41, 5.74) is 3.61. The highest BCUT2D eigenvalue weighted by Crippen LogP contribution is 2.28. The van der Waals surface area contributed by atoms with Crippen molar-refractivity contribution in [2.75, 3.05) is 5.43 Å². The van der Waals surface area contributed by atoms with Crippen LogP contribution in [0.1, 0.15) is 43.5 Å². The Morgan fingerprint density at radius 2 is 2.00 bits per heavy atom. The number of nitrogens with one attached hydrogen (secondary N) is 2. The Balaban J connectivity index is 2.04. The first-order valence-corrected chi connectivity index (χ1v) is 6.81. The molecule has 104 valence electrons. The van der Waals surface area contributed by atoms with E-state index in [9.17, 15) is 4.79 Å². The number of anilines is 1. The number of nitrogen functional groups attached to an aromatic ring is 1. The molecule has 5 heteroatoms. The third-order valence-corrected chi connectivity index (χ3v) is 3.73. The average Bonchev–Trinajstić information content (AvgIpc) is 2.37. The minimum absolute atomic E-state index is 0.0818. The van der Waals surface area contributed by atoms with Crippen LogP contribution in [0, 0.1) is 11.8 Å². The summed E-state index contributed by atoms with van der Waals surface area (Å²) < 4.78 is 0. The Bertz CT molecular complexity index is 439. The Hall–Kier alpha value is -1.62. The summed E-state index contributed by atoms with van der Waals surface area (Å²) in [6.07, 6.45) is 6.50. The summed E-state index contributed by atoms with van der Waals surface area (Å²) in [5.74, 6) is 6.64. The topological polar surface area (TPSA) is 80.0 Å². The summed E-state index contributed by atoms with van der Waals surface area (Å²) >= 11 is 0. The van der Waals surface area contributed by atoms with Crippen LogP contribution in [0.15, 0.2) is 18.5 Å². The molecule has 0 saturated heterocycles. The van der Waals surface area contributed by atoms with Gasteiger partial charge in [0.2, 0.25) is 0 Å². The molecule has 1 saturated carbocycles. The number of nitrogens with zero attached hydrogens (tertiary/aromatic N) is 1. The maximum atomic E-state index is 12.3. The second kappa shape index (κ2) is 6.02. The molecule has 0 radical (unpaired) electrons. The molecule has 2 atom stereocenters. The van der Waals surface area contributed by atoms with Gasteiger partial charge in [0.1, 0.15) is 0 Å². The van der Waals surface area contributed by atoms with Gasteiger partial charge in [-0.3, -0.25) is 15.6 Å². The molecule has 1 fully saturated rings. The van der Waals surface area contributed by atoms with E-state index in [-0.39, 0.29) is 11.9 Å². The highest BCUT2D eigenvalue weighted by molar-refractivity contribution is 5.99. The molecule has 2 rings (SSSR count). The van der Waals surface area contributed by atoms with Crippen molar-refractivity contribution in [3.05, 3.63) is 24.0 Å². The van der Waals surface area contributed by atoms with E-state index >= 15 is 0 Å². The van der Waals surface area contributed by atoms with Crippen LogP contribution in [0.3, 0.4) is 0 Å². The minimum Gasteiger partial charge on any atom is -0.349 e. The average molecular weight is 262 g/mol. The highest BCUT2D eigenvalue weighted by atomic mass is 16.1. The Morgan fingerprint density at radius 3 is 2.63 bits per heavy atom. The van der Waals surface area contributed by atoms with Gasteiger partial charge in [-0.25, -0.2) is 0 Å². The smallest absolute Gasteiger partial charge is 0.253 e. The molecule has 1 aromatic rings. The van der Waals surface area contributed by atoms with E-state index in [0.29, 0.717) is 23.1 Å². The second-order valence-corrected chi connectivity index (χ2v) is 5.65. The van der Waals surface area contributed by atoms with Gasteiger partial charge in [0.15, 0.2) is 0 Å². The number of pyridine rings is 1. The minimum atomic E-state index is -0.0818. The second-order valence-electron chi connectivity index (χ2n) is 5.65. The van der Waals surface area contributed by atoms with Gasteiger partial charge in [-0.1, -0.05) is 13.8 Å². The number of carbonyl (C=O) groups is 1. The van der Waals surface area contributed by atoms with E-state index in [0.717, 1.165) is 12.8 Å². The van der Waals surface area contributed by atoms with Crippen molar-refractivity contribution in [3.63, 3.8) is 0 Å². The van der Waals surface area contributed by atoms with E-state index < -0.39 is 0 Å². The number of hydrogen-bond acceptors (Lipinski definition) is 4. The van der Waals surface area contributed by atoms with Crippen molar-refractivity contribution in [1.29, 1.82) is 0 Å². The number of rotatable bonds is 3. The fourth-order valence-corrected chi connectivity index (χ4v) is 3.04. The molecule has 0 bridgehead atoms. The lowest BCUT2D eigenvalue weighted by Crippen LogP contribution is -2.40. The molecular weight excluding hydrogens is 240 g/mol. The quantitative estimate of drug-likeness (QED) is 0.574. The molecule has 5 nitrogen and oxygen atoms in total. The fraction of sp³-hybridized carbons (Fsp3) is 0.571. The Labute approximate surface area is 114 Å². The molecule has 1 aliphatic carbocycles. The van der Waals surface area contributed by atoms with Crippen molar-refractivity contribution in [1.82, 2.24) is 10.3 Å². The van der Waals surface area contributed by atoms with Crippen LogP contribution in [0.5, 0.6) is 0 Å². The molecule has 0 spiro atoms. The highest BCUT2D eigenvalue weighted by Gasteiger charge is 2.25. The zero-order chi connectivity index (χ0) is 13.8. The lowest BCUT2D eigenvalue weighted by Gasteiger charge is -2.32. The van der Waals surface area contributed by atoms with Crippen LogP contribution in [-0.4, -0.2) is 16.9 Å². The summed E-state index contributed by atoms with van der Waals surface area (Å²) in [4.78, 5) is 16.2. The summed E-state index contributed by atoms with van der Waals surface area (Å²) in [6, 6.07) is 1.94. The predicted molar refractivity (Wildman–Crippen MR) is 75.5 cm³/mol. The first-order chi connectivity index (χ1) is 9.10. The number of aromatic nitrogens is 1. The van der Waals surface area contributed by atoms with Gasteiger partial charge in [-0.15, -0.1) is 0 Å². The predicted octanol–water partition coefficient (Wildman–Crippen LogP) is 1.92. The molecule has 4 N–H and O–H groups in total. The molecule has 1 heterocycles. The summed E-state index contributed by atoms with van der Waals surface area (Å²) in [7, 11) is 0. The molecule has 2 unspecified atom stereocenters. The Morgan fingerprint density at radius 1 is 1.32 bits per heavy atom. The number of amides is 1. The van der Waals surface area contributed by atoms with Crippen molar-refractivity contribution in [3.8, 4) is 0 Å². The van der Waals surface area contributed by atoms with Crippen molar-refractivity contribution >= 4 is 11.6 Å². The molecule has 19 heavy (non-hydrogen) atoms. The van der Waals surface area contributed by atoms with E-state index in [2.05, 4.69) is 29.6 Å². The lowest BCUT2D eigenvalue weighted by molar-refractivity contribution is 0.0912. The number of nitrogens with two attached hydrogens (primary N) is 1. The van der Waals surface area contributed by atoms with E-state index in [1.165, 1.54) is 6.42 Å². The zero-order valence-electron chi connectivity index (χ0n) is 11.5. The SMILES string of the molecule is CC1CC(C)CC(NC(=O)c2ccncc2NN)C1. The van der Waals surface area contributed by atoms with E-state index in [4.69, 9.17) is 5.84 Å². The third kappa shape index (κ3) is 3.44.